The molecule has 1 aliphatic heterocycles. The number of tetrazole rings is 1. The van der Waals surface area contributed by atoms with E-state index in [2.05, 4.69) is 83.4 Å². The highest BCUT2D eigenvalue weighted by molar-refractivity contribution is 6.30. The van der Waals surface area contributed by atoms with E-state index in [1.807, 2.05) is 16.8 Å². The van der Waals surface area contributed by atoms with Crippen molar-refractivity contribution >= 4 is 17.3 Å². The van der Waals surface area contributed by atoms with Crippen molar-refractivity contribution in [1.82, 2.24) is 25.1 Å². The first kappa shape index (κ1) is 20.8. The molecule has 158 valence electrons. The molecule has 4 rings (SSSR count). The molecular weight excluding hydrogens is 396 g/mol. The lowest BCUT2D eigenvalue weighted by Crippen LogP contribution is -2.48. The summed E-state index contributed by atoms with van der Waals surface area (Å²) in [5, 5.41) is 13.4. The zero-order chi connectivity index (χ0) is 21.3. The van der Waals surface area contributed by atoms with Gasteiger partial charge in [-0.2, -0.15) is 0 Å². The van der Waals surface area contributed by atoms with E-state index in [9.17, 15) is 0 Å². The Bertz CT molecular complexity index is 989. The van der Waals surface area contributed by atoms with Crippen LogP contribution in [0.15, 0.2) is 42.5 Å². The first-order valence-electron chi connectivity index (χ1n) is 10.5. The van der Waals surface area contributed by atoms with Gasteiger partial charge < -0.3 is 4.90 Å². The quantitative estimate of drug-likeness (QED) is 0.606. The van der Waals surface area contributed by atoms with Crippen LogP contribution in [0.25, 0.3) is 0 Å². The van der Waals surface area contributed by atoms with Gasteiger partial charge in [0.15, 0.2) is 5.82 Å². The molecule has 1 fully saturated rings. The third kappa shape index (κ3) is 4.20. The molecule has 6 nitrogen and oxygen atoms in total. The third-order valence-electron chi connectivity index (χ3n) is 5.82. The molecule has 1 atom stereocenters. The van der Waals surface area contributed by atoms with Crippen molar-refractivity contribution in [1.29, 1.82) is 0 Å². The number of benzene rings is 2. The zero-order valence-electron chi connectivity index (χ0n) is 18.1. The molecule has 2 heterocycles. The largest absolute Gasteiger partial charge is 0.369 e. The van der Waals surface area contributed by atoms with Crippen LogP contribution in [0.4, 0.5) is 5.69 Å². The molecule has 1 saturated heterocycles. The fourth-order valence-electron chi connectivity index (χ4n) is 4.20. The van der Waals surface area contributed by atoms with Gasteiger partial charge in [0, 0.05) is 36.9 Å². The number of rotatable bonds is 5. The second-order valence-electron chi connectivity index (χ2n) is 8.34. The van der Waals surface area contributed by atoms with Crippen LogP contribution in [0.3, 0.4) is 0 Å². The Morgan fingerprint density at radius 3 is 2.30 bits per heavy atom. The summed E-state index contributed by atoms with van der Waals surface area (Å²) in [6.07, 6.45) is 0. The summed E-state index contributed by atoms with van der Waals surface area (Å²) in [7, 11) is 0. The maximum Gasteiger partial charge on any atom is 0.173 e. The molecule has 0 radical (unpaired) electrons. The number of aromatic nitrogens is 4. The van der Waals surface area contributed by atoms with Gasteiger partial charge in [0.1, 0.15) is 0 Å². The lowest BCUT2D eigenvalue weighted by molar-refractivity contribution is 0.199. The summed E-state index contributed by atoms with van der Waals surface area (Å²) >= 11 is 6.16. The van der Waals surface area contributed by atoms with Crippen LogP contribution >= 0.6 is 11.6 Å². The van der Waals surface area contributed by atoms with Gasteiger partial charge in [0.2, 0.25) is 0 Å². The average molecular weight is 425 g/mol. The van der Waals surface area contributed by atoms with Gasteiger partial charge in [-0.1, -0.05) is 35.9 Å². The molecule has 0 unspecified atom stereocenters. The monoisotopic (exact) mass is 424 g/mol. The Kier molecular flexibility index (Phi) is 6.06. The smallest absolute Gasteiger partial charge is 0.173 e. The Hall–Kier alpha value is -2.44. The second-order valence-corrected chi connectivity index (χ2v) is 8.78. The van der Waals surface area contributed by atoms with Crippen molar-refractivity contribution in [2.45, 2.75) is 39.8 Å². The number of halogens is 1. The Labute approximate surface area is 183 Å². The predicted molar refractivity (Wildman–Crippen MR) is 121 cm³/mol. The van der Waals surface area contributed by atoms with Crippen LogP contribution in [0, 0.1) is 13.8 Å². The number of aryl methyl sites for hydroxylation is 2. The number of nitrogens with zero attached hydrogens (tertiary/aromatic N) is 6. The van der Waals surface area contributed by atoms with Crippen molar-refractivity contribution in [2.24, 2.45) is 0 Å². The van der Waals surface area contributed by atoms with E-state index in [-0.39, 0.29) is 12.1 Å². The van der Waals surface area contributed by atoms with E-state index in [0.29, 0.717) is 0 Å². The standard InChI is InChI=1S/C23H29ClN6/c1-16(2)30-23(25-26-27-30)22(19-7-9-20(24)10-8-19)29-13-11-28(12-14-29)21-15-17(3)5-6-18(21)4/h5-10,15-16,22H,11-14H2,1-4H3/t22-/m0/s1. The van der Waals surface area contributed by atoms with E-state index < -0.39 is 0 Å². The minimum atomic E-state index is 0.000392. The molecule has 0 spiro atoms. The molecule has 1 aromatic heterocycles. The normalized spacial score (nSPS) is 16.3. The topological polar surface area (TPSA) is 50.1 Å². The predicted octanol–water partition coefficient (Wildman–Crippen LogP) is 4.44. The van der Waals surface area contributed by atoms with Crippen LogP contribution < -0.4 is 4.90 Å². The summed E-state index contributed by atoms with van der Waals surface area (Å²) < 4.78 is 1.93. The van der Waals surface area contributed by atoms with Crippen LogP contribution in [0.2, 0.25) is 5.02 Å². The van der Waals surface area contributed by atoms with E-state index in [1.165, 1.54) is 16.8 Å². The zero-order valence-corrected chi connectivity index (χ0v) is 18.8. The molecule has 30 heavy (non-hydrogen) atoms. The molecule has 1 aliphatic rings. The maximum atomic E-state index is 6.16. The van der Waals surface area contributed by atoms with Gasteiger partial charge in [0.05, 0.1) is 12.1 Å². The summed E-state index contributed by atoms with van der Waals surface area (Å²) in [6.45, 7) is 12.4. The summed E-state index contributed by atoms with van der Waals surface area (Å²) in [5.41, 5.74) is 5.13. The molecule has 0 aliphatic carbocycles. The van der Waals surface area contributed by atoms with Crippen molar-refractivity contribution in [3.05, 3.63) is 70.0 Å². The minimum Gasteiger partial charge on any atom is -0.369 e. The van der Waals surface area contributed by atoms with Gasteiger partial charge in [0.25, 0.3) is 0 Å². The third-order valence-corrected chi connectivity index (χ3v) is 6.07. The van der Waals surface area contributed by atoms with Crippen LogP contribution in [-0.2, 0) is 0 Å². The van der Waals surface area contributed by atoms with Crippen LogP contribution in [0.1, 0.15) is 48.4 Å². The molecule has 0 N–H and O–H groups in total. The van der Waals surface area contributed by atoms with Crippen molar-refractivity contribution < 1.29 is 0 Å². The maximum absolute atomic E-state index is 6.16. The van der Waals surface area contributed by atoms with Gasteiger partial charge in [-0.05, 0) is 73.0 Å². The number of piperazine rings is 1. The Balaban J connectivity index is 1.62. The lowest BCUT2D eigenvalue weighted by Gasteiger charge is -2.40. The highest BCUT2D eigenvalue weighted by atomic mass is 35.5. The highest BCUT2D eigenvalue weighted by Crippen LogP contribution is 2.31. The highest BCUT2D eigenvalue weighted by Gasteiger charge is 2.31. The SMILES string of the molecule is Cc1ccc(C)c(N2CCN([C@@H](c3ccc(Cl)cc3)c3nnnn3C(C)C)CC2)c1. The summed E-state index contributed by atoms with van der Waals surface area (Å²) in [4.78, 5) is 4.97. The molecule has 2 aromatic carbocycles. The summed E-state index contributed by atoms with van der Waals surface area (Å²) in [6, 6.07) is 14.9. The van der Waals surface area contributed by atoms with Gasteiger partial charge in [-0.15, -0.1) is 5.10 Å². The molecule has 3 aromatic rings. The molecule has 0 saturated carbocycles. The first-order chi connectivity index (χ1) is 14.4. The second kappa shape index (κ2) is 8.74. The van der Waals surface area contributed by atoms with E-state index in [4.69, 9.17) is 11.6 Å². The fraction of sp³-hybridized carbons (Fsp3) is 0.435. The molecule has 0 bridgehead atoms. The van der Waals surface area contributed by atoms with Crippen molar-refractivity contribution in [3.63, 3.8) is 0 Å². The summed E-state index contributed by atoms with van der Waals surface area (Å²) in [5.74, 6) is 0.882. The van der Waals surface area contributed by atoms with E-state index in [1.54, 1.807) is 0 Å². The lowest BCUT2D eigenvalue weighted by atomic mass is 10.0. The van der Waals surface area contributed by atoms with Crippen molar-refractivity contribution in [2.75, 3.05) is 31.1 Å². The molecular formula is C23H29ClN6. The number of anilines is 1. The molecule has 7 heteroatoms. The average Bonchev–Trinajstić information content (AvgIpc) is 3.22. The van der Waals surface area contributed by atoms with E-state index in [0.717, 1.165) is 42.6 Å². The minimum absolute atomic E-state index is 0.000392. The van der Waals surface area contributed by atoms with Gasteiger partial charge in [-0.3, -0.25) is 4.90 Å². The van der Waals surface area contributed by atoms with Crippen molar-refractivity contribution in [3.8, 4) is 0 Å². The Morgan fingerprint density at radius 2 is 1.63 bits per heavy atom. The van der Waals surface area contributed by atoms with Gasteiger partial charge in [-0.25, -0.2) is 4.68 Å². The first-order valence-corrected chi connectivity index (χ1v) is 10.9. The van der Waals surface area contributed by atoms with Crippen LogP contribution in [-0.4, -0.2) is 51.3 Å². The fourth-order valence-corrected chi connectivity index (χ4v) is 4.32. The van der Waals surface area contributed by atoms with E-state index >= 15 is 0 Å². The van der Waals surface area contributed by atoms with Gasteiger partial charge >= 0.3 is 0 Å². The number of hydrogen-bond acceptors (Lipinski definition) is 5. The number of hydrogen-bond donors (Lipinski definition) is 0. The van der Waals surface area contributed by atoms with Crippen LogP contribution in [0.5, 0.6) is 0 Å². The Morgan fingerprint density at radius 1 is 0.933 bits per heavy atom. The molecule has 0 amide bonds.